The van der Waals surface area contributed by atoms with Crippen LogP contribution in [0.1, 0.15) is 20.3 Å². The summed E-state index contributed by atoms with van der Waals surface area (Å²) in [4.78, 5) is 0. The average Bonchev–Trinajstić information content (AvgIpc) is 2.21. The second kappa shape index (κ2) is 6.30. The number of anilines is 1. The first-order valence-electron chi connectivity index (χ1n) is 5.46. The van der Waals surface area contributed by atoms with Crippen molar-refractivity contribution in [2.75, 3.05) is 18.5 Å². The summed E-state index contributed by atoms with van der Waals surface area (Å²) in [5.74, 6) is 0.906. The van der Waals surface area contributed by atoms with E-state index >= 15 is 0 Å². The molecule has 0 spiro atoms. The molecule has 0 saturated carbocycles. The van der Waals surface area contributed by atoms with Gasteiger partial charge >= 0.3 is 0 Å². The quantitative estimate of drug-likeness (QED) is 0.753. The average molecular weight is 208 g/mol. The summed E-state index contributed by atoms with van der Waals surface area (Å²) < 4.78 is 5.52. The molecule has 15 heavy (non-hydrogen) atoms. The highest BCUT2D eigenvalue weighted by molar-refractivity contribution is 5.56. The number of para-hydroxylation sites is 2. The number of benzene rings is 1. The van der Waals surface area contributed by atoms with Crippen molar-refractivity contribution >= 4 is 5.69 Å². The highest BCUT2D eigenvalue weighted by atomic mass is 16.5. The molecule has 0 bridgehead atoms. The van der Waals surface area contributed by atoms with Crippen LogP contribution in [0.15, 0.2) is 24.3 Å². The van der Waals surface area contributed by atoms with E-state index < -0.39 is 0 Å². The van der Waals surface area contributed by atoms with E-state index in [1.807, 2.05) is 31.2 Å². The van der Waals surface area contributed by atoms with Gasteiger partial charge in [0.15, 0.2) is 0 Å². The summed E-state index contributed by atoms with van der Waals surface area (Å²) in [5, 5.41) is 3.39. The normalized spacial score (nSPS) is 12.2. The molecule has 1 unspecified atom stereocenters. The summed E-state index contributed by atoms with van der Waals surface area (Å²) in [5.41, 5.74) is 6.55. The minimum atomic E-state index is 0.372. The fourth-order valence-electron chi connectivity index (χ4n) is 1.45. The third kappa shape index (κ3) is 3.80. The molecule has 84 valence electrons. The van der Waals surface area contributed by atoms with Crippen LogP contribution in [0.2, 0.25) is 0 Å². The molecule has 1 aromatic carbocycles. The molecule has 0 aromatic heterocycles. The van der Waals surface area contributed by atoms with Crippen LogP contribution in [0.5, 0.6) is 5.75 Å². The van der Waals surface area contributed by atoms with E-state index in [2.05, 4.69) is 12.2 Å². The van der Waals surface area contributed by atoms with Crippen molar-refractivity contribution in [2.45, 2.75) is 26.3 Å². The first-order valence-corrected chi connectivity index (χ1v) is 5.46. The van der Waals surface area contributed by atoms with Crippen molar-refractivity contribution in [3.8, 4) is 5.75 Å². The van der Waals surface area contributed by atoms with Crippen molar-refractivity contribution in [3.05, 3.63) is 24.3 Å². The van der Waals surface area contributed by atoms with Crippen LogP contribution in [0.3, 0.4) is 0 Å². The fraction of sp³-hybridized carbons (Fsp3) is 0.500. The maximum Gasteiger partial charge on any atom is 0.142 e. The maximum absolute atomic E-state index is 5.52. The molecule has 1 atom stereocenters. The Labute approximate surface area is 91.6 Å². The standard InChI is InChI=1S/C12H20N2O/c1-3-15-12-7-5-4-6-11(12)14-10(2)8-9-13/h4-7,10,14H,3,8-9,13H2,1-2H3. The Morgan fingerprint density at radius 3 is 2.80 bits per heavy atom. The van der Waals surface area contributed by atoms with Gasteiger partial charge in [0.05, 0.1) is 12.3 Å². The van der Waals surface area contributed by atoms with E-state index in [1.165, 1.54) is 0 Å². The number of rotatable bonds is 6. The zero-order valence-electron chi connectivity index (χ0n) is 9.49. The molecule has 0 saturated heterocycles. The van der Waals surface area contributed by atoms with Crippen molar-refractivity contribution in [1.82, 2.24) is 0 Å². The van der Waals surface area contributed by atoms with E-state index in [0.717, 1.165) is 17.9 Å². The second-order valence-electron chi connectivity index (χ2n) is 3.55. The molecular weight excluding hydrogens is 188 g/mol. The molecule has 0 aliphatic rings. The Morgan fingerprint density at radius 2 is 2.13 bits per heavy atom. The van der Waals surface area contributed by atoms with Crippen LogP contribution in [0, 0.1) is 0 Å². The molecule has 1 rings (SSSR count). The van der Waals surface area contributed by atoms with Crippen LogP contribution in [0.4, 0.5) is 5.69 Å². The van der Waals surface area contributed by atoms with Gasteiger partial charge in [-0.25, -0.2) is 0 Å². The first kappa shape index (κ1) is 11.9. The Balaban J connectivity index is 2.66. The highest BCUT2D eigenvalue weighted by Crippen LogP contribution is 2.24. The largest absolute Gasteiger partial charge is 0.492 e. The number of nitrogens with one attached hydrogen (secondary N) is 1. The molecule has 0 radical (unpaired) electrons. The van der Waals surface area contributed by atoms with Gasteiger partial charge in [0.1, 0.15) is 5.75 Å². The van der Waals surface area contributed by atoms with Gasteiger partial charge in [-0.2, -0.15) is 0 Å². The third-order valence-electron chi connectivity index (χ3n) is 2.19. The summed E-state index contributed by atoms with van der Waals surface area (Å²) in [6.45, 7) is 5.49. The van der Waals surface area contributed by atoms with E-state index in [9.17, 15) is 0 Å². The van der Waals surface area contributed by atoms with Gasteiger partial charge in [-0.15, -0.1) is 0 Å². The second-order valence-corrected chi connectivity index (χ2v) is 3.55. The van der Waals surface area contributed by atoms with Gasteiger partial charge < -0.3 is 15.8 Å². The number of hydrogen-bond donors (Lipinski definition) is 2. The molecule has 0 amide bonds. The van der Waals surface area contributed by atoms with Gasteiger partial charge in [-0.05, 0) is 38.9 Å². The van der Waals surface area contributed by atoms with Crippen molar-refractivity contribution < 1.29 is 4.74 Å². The Morgan fingerprint density at radius 1 is 1.40 bits per heavy atom. The summed E-state index contributed by atoms with van der Waals surface area (Å²) >= 11 is 0. The van der Waals surface area contributed by atoms with E-state index in [1.54, 1.807) is 0 Å². The van der Waals surface area contributed by atoms with Crippen LogP contribution >= 0.6 is 0 Å². The van der Waals surface area contributed by atoms with Gasteiger partial charge in [0, 0.05) is 6.04 Å². The first-order chi connectivity index (χ1) is 7.27. The predicted molar refractivity (Wildman–Crippen MR) is 64.4 cm³/mol. The zero-order valence-corrected chi connectivity index (χ0v) is 9.49. The van der Waals surface area contributed by atoms with Gasteiger partial charge in [0.2, 0.25) is 0 Å². The summed E-state index contributed by atoms with van der Waals surface area (Å²) in [6.07, 6.45) is 0.959. The minimum Gasteiger partial charge on any atom is -0.492 e. The predicted octanol–water partition coefficient (Wildman–Crippen LogP) is 2.23. The fourth-order valence-corrected chi connectivity index (χ4v) is 1.45. The zero-order chi connectivity index (χ0) is 11.1. The van der Waals surface area contributed by atoms with Gasteiger partial charge in [-0.3, -0.25) is 0 Å². The number of nitrogens with two attached hydrogens (primary N) is 1. The van der Waals surface area contributed by atoms with Gasteiger partial charge in [0.25, 0.3) is 0 Å². The van der Waals surface area contributed by atoms with Crippen LogP contribution in [-0.2, 0) is 0 Å². The van der Waals surface area contributed by atoms with Crippen molar-refractivity contribution in [1.29, 1.82) is 0 Å². The molecule has 1 aromatic rings. The van der Waals surface area contributed by atoms with Crippen LogP contribution in [-0.4, -0.2) is 19.2 Å². The van der Waals surface area contributed by atoms with E-state index in [-0.39, 0.29) is 0 Å². The van der Waals surface area contributed by atoms with E-state index in [4.69, 9.17) is 10.5 Å². The molecule has 0 heterocycles. The summed E-state index contributed by atoms with van der Waals surface area (Å²) in [6, 6.07) is 8.35. The van der Waals surface area contributed by atoms with Crippen molar-refractivity contribution in [2.24, 2.45) is 5.73 Å². The Hall–Kier alpha value is -1.22. The van der Waals surface area contributed by atoms with E-state index in [0.29, 0.717) is 19.2 Å². The maximum atomic E-state index is 5.52. The molecule has 3 heteroatoms. The Bertz CT molecular complexity index is 289. The monoisotopic (exact) mass is 208 g/mol. The molecule has 3 N–H and O–H groups in total. The lowest BCUT2D eigenvalue weighted by Crippen LogP contribution is -2.19. The number of hydrogen-bond acceptors (Lipinski definition) is 3. The van der Waals surface area contributed by atoms with Crippen LogP contribution < -0.4 is 15.8 Å². The lowest BCUT2D eigenvalue weighted by Gasteiger charge is -2.17. The molecule has 0 aliphatic heterocycles. The minimum absolute atomic E-state index is 0.372. The Kier molecular flexibility index (Phi) is 4.98. The van der Waals surface area contributed by atoms with Crippen molar-refractivity contribution in [3.63, 3.8) is 0 Å². The SMILES string of the molecule is CCOc1ccccc1NC(C)CCN. The molecular formula is C12H20N2O. The molecule has 0 aliphatic carbocycles. The summed E-state index contributed by atoms with van der Waals surface area (Å²) in [7, 11) is 0. The molecule has 3 nitrogen and oxygen atoms in total. The topological polar surface area (TPSA) is 47.3 Å². The lowest BCUT2D eigenvalue weighted by molar-refractivity contribution is 0.341. The van der Waals surface area contributed by atoms with Crippen LogP contribution in [0.25, 0.3) is 0 Å². The van der Waals surface area contributed by atoms with Gasteiger partial charge in [-0.1, -0.05) is 12.1 Å². The number of ether oxygens (including phenoxy) is 1. The lowest BCUT2D eigenvalue weighted by atomic mass is 10.2. The third-order valence-corrected chi connectivity index (χ3v) is 2.19. The smallest absolute Gasteiger partial charge is 0.142 e. The molecule has 0 fully saturated rings. The highest BCUT2D eigenvalue weighted by Gasteiger charge is 2.05.